The second kappa shape index (κ2) is 6.86. The molecule has 2 aromatic rings. The Morgan fingerprint density at radius 3 is 2.65 bits per heavy atom. The standard InChI is InChI=1S/C16H19BrN2O/c1-11(5-4-10-18)16(20)19-15-9-8-14(17)12-6-2-3-7-13(12)15/h2-3,6-9,11H,4-5,10,18H2,1H3,(H,19,20). The van der Waals surface area contributed by atoms with Crippen LogP contribution >= 0.6 is 15.9 Å². The minimum Gasteiger partial charge on any atom is -0.330 e. The lowest BCUT2D eigenvalue weighted by Gasteiger charge is -2.14. The first kappa shape index (κ1) is 15.0. The summed E-state index contributed by atoms with van der Waals surface area (Å²) in [7, 11) is 0. The molecule has 0 radical (unpaired) electrons. The first-order valence-corrected chi connectivity index (χ1v) is 7.61. The first-order chi connectivity index (χ1) is 9.63. The minimum atomic E-state index is -0.0269. The van der Waals surface area contributed by atoms with Crippen molar-refractivity contribution in [2.45, 2.75) is 19.8 Å². The molecule has 20 heavy (non-hydrogen) atoms. The molecule has 0 aromatic heterocycles. The number of nitrogens with one attached hydrogen (secondary N) is 1. The van der Waals surface area contributed by atoms with Crippen LogP contribution in [0.15, 0.2) is 40.9 Å². The van der Waals surface area contributed by atoms with E-state index in [1.807, 2.05) is 43.3 Å². The number of carbonyl (C=O) groups is 1. The normalized spacial score (nSPS) is 12.3. The van der Waals surface area contributed by atoms with Crippen LogP contribution in [0.4, 0.5) is 5.69 Å². The van der Waals surface area contributed by atoms with Crippen LogP contribution in [0.2, 0.25) is 0 Å². The summed E-state index contributed by atoms with van der Waals surface area (Å²) in [6, 6.07) is 11.9. The molecule has 0 heterocycles. The van der Waals surface area contributed by atoms with Crippen molar-refractivity contribution in [3.8, 4) is 0 Å². The number of benzene rings is 2. The fourth-order valence-electron chi connectivity index (χ4n) is 2.18. The van der Waals surface area contributed by atoms with Crippen LogP contribution in [0.3, 0.4) is 0 Å². The monoisotopic (exact) mass is 334 g/mol. The van der Waals surface area contributed by atoms with Gasteiger partial charge in [0.1, 0.15) is 0 Å². The third-order valence-corrected chi connectivity index (χ3v) is 4.11. The summed E-state index contributed by atoms with van der Waals surface area (Å²) in [5, 5.41) is 5.16. The van der Waals surface area contributed by atoms with Crippen LogP contribution < -0.4 is 11.1 Å². The molecule has 0 spiro atoms. The van der Waals surface area contributed by atoms with Crippen molar-refractivity contribution in [3.63, 3.8) is 0 Å². The molecule has 0 aliphatic rings. The number of hydrogen-bond donors (Lipinski definition) is 2. The molecule has 1 unspecified atom stereocenters. The number of amides is 1. The number of nitrogens with two attached hydrogens (primary N) is 1. The first-order valence-electron chi connectivity index (χ1n) is 6.81. The van der Waals surface area contributed by atoms with E-state index < -0.39 is 0 Å². The topological polar surface area (TPSA) is 55.1 Å². The zero-order valence-corrected chi connectivity index (χ0v) is 13.1. The second-order valence-electron chi connectivity index (χ2n) is 4.96. The lowest BCUT2D eigenvalue weighted by atomic mass is 10.0. The van der Waals surface area contributed by atoms with E-state index in [1.165, 1.54) is 0 Å². The van der Waals surface area contributed by atoms with Crippen molar-refractivity contribution in [2.24, 2.45) is 11.7 Å². The van der Waals surface area contributed by atoms with E-state index in [9.17, 15) is 4.79 Å². The Labute approximate surface area is 127 Å². The number of rotatable bonds is 5. The molecular weight excluding hydrogens is 316 g/mol. The maximum atomic E-state index is 12.2. The molecule has 3 N–H and O–H groups in total. The van der Waals surface area contributed by atoms with E-state index in [-0.39, 0.29) is 11.8 Å². The zero-order chi connectivity index (χ0) is 14.5. The predicted octanol–water partition coefficient (Wildman–Crippen LogP) is 3.92. The average molecular weight is 335 g/mol. The van der Waals surface area contributed by atoms with Gasteiger partial charge in [-0.15, -0.1) is 0 Å². The van der Waals surface area contributed by atoms with E-state index in [0.717, 1.165) is 33.8 Å². The third kappa shape index (κ3) is 3.38. The van der Waals surface area contributed by atoms with Crippen LogP contribution in [-0.4, -0.2) is 12.5 Å². The molecule has 0 aliphatic heterocycles. The molecule has 106 valence electrons. The van der Waals surface area contributed by atoms with Crippen molar-refractivity contribution in [3.05, 3.63) is 40.9 Å². The largest absolute Gasteiger partial charge is 0.330 e. The van der Waals surface area contributed by atoms with Gasteiger partial charge in [0.15, 0.2) is 0 Å². The van der Waals surface area contributed by atoms with Crippen LogP contribution in [0.25, 0.3) is 10.8 Å². The van der Waals surface area contributed by atoms with Gasteiger partial charge in [-0.1, -0.05) is 47.1 Å². The average Bonchev–Trinajstić information content (AvgIpc) is 2.47. The Balaban J connectivity index is 2.22. The van der Waals surface area contributed by atoms with Crippen molar-refractivity contribution in [1.29, 1.82) is 0 Å². The highest BCUT2D eigenvalue weighted by atomic mass is 79.9. The maximum absolute atomic E-state index is 12.2. The van der Waals surface area contributed by atoms with E-state index in [2.05, 4.69) is 21.2 Å². The quantitative estimate of drug-likeness (QED) is 0.870. The summed E-state index contributed by atoms with van der Waals surface area (Å²) >= 11 is 3.53. The molecular formula is C16H19BrN2O. The van der Waals surface area contributed by atoms with E-state index in [0.29, 0.717) is 6.54 Å². The van der Waals surface area contributed by atoms with Crippen LogP contribution in [0.1, 0.15) is 19.8 Å². The van der Waals surface area contributed by atoms with Crippen molar-refractivity contribution < 1.29 is 4.79 Å². The summed E-state index contributed by atoms with van der Waals surface area (Å²) in [6.07, 6.45) is 1.69. The van der Waals surface area contributed by atoms with E-state index in [4.69, 9.17) is 5.73 Å². The zero-order valence-electron chi connectivity index (χ0n) is 11.5. The fraction of sp³-hybridized carbons (Fsp3) is 0.312. The number of anilines is 1. The SMILES string of the molecule is CC(CCCN)C(=O)Nc1ccc(Br)c2ccccc12. The highest BCUT2D eigenvalue weighted by molar-refractivity contribution is 9.10. The third-order valence-electron chi connectivity index (χ3n) is 3.42. The van der Waals surface area contributed by atoms with E-state index in [1.54, 1.807) is 0 Å². The smallest absolute Gasteiger partial charge is 0.227 e. The van der Waals surface area contributed by atoms with Gasteiger partial charge in [-0.2, -0.15) is 0 Å². The van der Waals surface area contributed by atoms with Gasteiger partial charge in [0.05, 0.1) is 0 Å². The van der Waals surface area contributed by atoms with Gasteiger partial charge in [-0.3, -0.25) is 4.79 Å². The Morgan fingerprint density at radius 2 is 1.95 bits per heavy atom. The molecule has 0 saturated heterocycles. The summed E-state index contributed by atoms with van der Waals surface area (Å²) < 4.78 is 1.03. The lowest BCUT2D eigenvalue weighted by molar-refractivity contribution is -0.119. The highest BCUT2D eigenvalue weighted by Crippen LogP contribution is 2.30. The molecule has 3 nitrogen and oxygen atoms in total. The molecule has 1 amide bonds. The molecule has 0 bridgehead atoms. The molecule has 4 heteroatoms. The number of halogens is 1. The Kier molecular flexibility index (Phi) is 5.15. The number of fused-ring (bicyclic) bond motifs is 1. The molecule has 1 atom stereocenters. The molecule has 0 aliphatic carbocycles. The van der Waals surface area contributed by atoms with Crippen LogP contribution in [-0.2, 0) is 4.79 Å². The molecule has 0 fully saturated rings. The predicted molar refractivity (Wildman–Crippen MR) is 87.7 cm³/mol. The molecule has 2 rings (SSSR count). The van der Waals surface area contributed by atoms with Gasteiger partial charge >= 0.3 is 0 Å². The summed E-state index contributed by atoms with van der Waals surface area (Å²) in [4.78, 5) is 12.2. The fourth-order valence-corrected chi connectivity index (χ4v) is 2.66. The van der Waals surface area contributed by atoms with Crippen molar-refractivity contribution in [1.82, 2.24) is 0 Å². The van der Waals surface area contributed by atoms with Crippen LogP contribution in [0.5, 0.6) is 0 Å². The summed E-state index contributed by atoms with van der Waals surface area (Å²) in [5.74, 6) is 0.0203. The molecule has 2 aromatic carbocycles. The Hall–Kier alpha value is -1.39. The Morgan fingerprint density at radius 1 is 1.25 bits per heavy atom. The van der Waals surface area contributed by atoms with Gasteiger partial charge in [-0.05, 0) is 36.9 Å². The summed E-state index contributed by atoms with van der Waals surface area (Å²) in [6.45, 7) is 2.56. The van der Waals surface area contributed by atoms with Crippen molar-refractivity contribution >= 4 is 38.3 Å². The van der Waals surface area contributed by atoms with E-state index >= 15 is 0 Å². The number of hydrogen-bond acceptors (Lipinski definition) is 2. The second-order valence-corrected chi connectivity index (χ2v) is 5.82. The number of carbonyl (C=O) groups excluding carboxylic acids is 1. The van der Waals surface area contributed by atoms with Crippen molar-refractivity contribution in [2.75, 3.05) is 11.9 Å². The van der Waals surface area contributed by atoms with Gasteiger partial charge in [-0.25, -0.2) is 0 Å². The van der Waals surface area contributed by atoms with Crippen LogP contribution in [0, 0.1) is 5.92 Å². The highest BCUT2D eigenvalue weighted by Gasteiger charge is 2.14. The lowest BCUT2D eigenvalue weighted by Crippen LogP contribution is -2.21. The Bertz CT molecular complexity index is 612. The van der Waals surface area contributed by atoms with Gasteiger partial charge in [0.2, 0.25) is 5.91 Å². The summed E-state index contributed by atoms with van der Waals surface area (Å²) in [5.41, 5.74) is 6.34. The van der Waals surface area contributed by atoms with Gasteiger partial charge in [0.25, 0.3) is 0 Å². The minimum absolute atomic E-state index is 0.0269. The molecule has 0 saturated carbocycles. The van der Waals surface area contributed by atoms with Gasteiger partial charge < -0.3 is 11.1 Å². The maximum Gasteiger partial charge on any atom is 0.227 e. The van der Waals surface area contributed by atoms with Gasteiger partial charge in [0, 0.05) is 21.5 Å².